The number of hydrogen-bond donors (Lipinski definition) is 1. The zero-order chi connectivity index (χ0) is 30.7. The van der Waals surface area contributed by atoms with Crippen molar-refractivity contribution in [3.8, 4) is 5.75 Å². The molecule has 0 bridgehead atoms. The molecule has 2 aliphatic heterocycles. The highest BCUT2D eigenvalue weighted by molar-refractivity contribution is 7.15. The van der Waals surface area contributed by atoms with E-state index < -0.39 is 29.0 Å². The van der Waals surface area contributed by atoms with E-state index in [4.69, 9.17) is 4.74 Å². The first-order valence-electron chi connectivity index (χ1n) is 13.9. The number of anilines is 1. The number of amides is 3. The number of alkyl halides is 3. The molecule has 10 nitrogen and oxygen atoms in total. The van der Waals surface area contributed by atoms with Crippen LogP contribution in [-0.4, -0.2) is 69.9 Å². The van der Waals surface area contributed by atoms with Crippen LogP contribution in [0.1, 0.15) is 52.3 Å². The van der Waals surface area contributed by atoms with E-state index in [2.05, 4.69) is 20.4 Å². The molecule has 1 aromatic heterocycles. The molecule has 1 unspecified atom stereocenters. The van der Waals surface area contributed by atoms with Gasteiger partial charge < -0.3 is 14.5 Å². The van der Waals surface area contributed by atoms with Crippen LogP contribution in [0.25, 0.3) is 0 Å². The number of fused-ring (bicyclic) bond motifs is 1. The Balaban J connectivity index is 1.13. The van der Waals surface area contributed by atoms with Crippen molar-refractivity contribution in [3.05, 3.63) is 69.7 Å². The summed E-state index contributed by atoms with van der Waals surface area (Å²) < 4.78 is 44.6. The Morgan fingerprint density at radius 2 is 1.74 bits per heavy atom. The number of halogens is 3. The fraction of sp³-hybridized carbons (Fsp3) is 0.414. The molecular weight excluding hydrogens is 585 g/mol. The van der Waals surface area contributed by atoms with Crippen molar-refractivity contribution >= 4 is 34.2 Å². The first kappa shape index (κ1) is 30.4. The minimum atomic E-state index is -4.48. The molecule has 1 fully saturated rings. The summed E-state index contributed by atoms with van der Waals surface area (Å²) in [5.74, 6) is -0.639. The van der Waals surface area contributed by atoms with E-state index in [1.54, 1.807) is 32.0 Å². The number of piperazine rings is 1. The molecule has 0 radical (unpaired) electrons. The third-order valence-corrected chi connectivity index (χ3v) is 8.54. The summed E-state index contributed by atoms with van der Waals surface area (Å²) in [5.41, 5.74) is 3.22. The molecule has 0 spiro atoms. The van der Waals surface area contributed by atoms with E-state index in [0.717, 1.165) is 11.1 Å². The van der Waals surface area contributed by atoms with E-state index in [-0.39, 0.29) is 25.5 Å². The molecule has 2 aromatic carbocycles. The van der Waals surface area contributed by atoms with Crippen molar-refractivity contribution in [2.24, 2.45) is 0 Å². The average molecular weight is 617 g/mol. The molecule has 3 amide bonds. The van der Waals surface area contributed by atoms with E-state index in [1.165, 1.54) is 4.90 Å². The number of rotatable bonds is 9. The second-order valence-electron chi connectivity index (χ2n) is 10.4. The third kappa shape index (κ3) is 6.96. The Labute approximate surface area is 250 Å². The number of hydrogen-bond acceptors (Lipinski definition) is 9. The van der Waals surface area contributed by atoms with Gasteiger partial charge in [-0.15, -0.1) is 10.2 Å². The molecule has 1 saturated heterocycles. The molecule has 5 rings (SSSR count). The van der Waals surface area contributed by atoms with Crippen molar-refractivity contribution in [1.29, 1.82) is 0 Å². The summed E-state index contributed by atoms with van der Waals surface area (Å²) in [6, 6.07) is 12.4. The minimum absolute atomic E-state index is 0.173. The average Bonchev–Trinajstić information content (AvgIpc) is 3.63. The molecule has 228 valence electrons. The van der Waals surface area contributed by atoms with Gasteiger partial charge in [0.2, 0.25) is 22.0 Å². The molecule has 3 aromatic rings. The Morgan fingerprint density at radius 3 is 2.40 bits per heavy atom. The van der Waals surface area contributed by atoms with Gasteiger partial charge in [0.1, 0.15) is 18.4 Å². The van der Waals surface area contributed by atoms with Crippen LogP contribution in [0.3, 0.4) is 0 Å². The molecule has 0 aliphatic carbocycles. The fourth-order valence-electron chi connectivity index (χ4n) is 4.96. The van der Waals surface area contributed by atoms with Crippen molar-refractivity contribution < 1.29 is 32.3 Å². The second kappa shape index (κ2) is 12.7. The van der Waals surface area contributed by atoms with Gasteiger partial charge in [0.05, 0.1) is 6.54 Å². The van der Waals surface area contributed by atoms with E-state index in [1.807, 2.05) is 29.2 Å². The summed E-state index contributed by atoms with van der Waals surface area (Å²) in [6.45, 7) is 6.95. The number of carbonyl (C=O) groups excluding carboxylic acids is 3. The first-order valence-corrected chi connectivity index (χ1v) is 14.7. The maximum absolute atomic E-state index is 13.0. The monoisotopic (exact) mass is 616 g/mol. The molecule has 1 N–H and O–H groups in total. The molecule has 43 heavy (non-hydrogen) atoms. The van der Waals surface area contributed by atoms with Crippen LogP contribution in [0.2, 0.25) is 0 Å². The molecule has 2 aliphatic rings. The van der Waals surface area contributed by atoms with Gasteiger partial charge in [-0.05, 0) is 30.2 Å². The van der Waals surface area contributed by atoms with Crippen LogP contribution in [-0.2, 0) is 35.5 Å². The Bertz CT molecular complexity index is 1490. The van der Waals surface area contributed by atoms with Crippen LogP contribution in [0.4, 0.5) is 18.3 Å². The van der Waals surface area contributed by atoms with Crippen molar-refractivity contribution in [1.82, 2.24) is 25.3 Å². The van der Waals surface area contributed by atoms with Crippen molar-refractivity contribution in [2.75, 3.05) is 31.1 Å². The quantitative estimate of drug-likeness (QED) is 0.387. The lowest BCUT2D eigenvalue weighted by Crippen LogP contribution is -2.46. The number of nitrogens with zero attached hydrogens (tertiary/aromatic N) is 5. The SMILES string of the molecule is CCC(=O)NC(=O)C(C)N1Cc2c(OCc3ccc(CN4CCN(c5nnc(C(F)(F)F)s5)CC4)cc3)cccc2C1=O. The van der Waals surface area contributed by atoms with Crippen LogP contribution < -0.4 is 15.0 Å². The highest BCUT2D eigenvalue weighted by atomic mass is 32.1. The lowest BCUT2D eigenvalue weighted by Gasteiger charge is -2.34. The first-order chi connectivity index (χ1) is 20.5. The van der Waals surface area contributed by atoms with Gasteiger partial charge in [-0.1, -0.05) is 48.6 Å². The smallest absolute Gasteiger partial charge is 0.445 e. The number of ether oxygens (including phenoxy) is 1. The predicted molar refractivity (Wildman–Crippen MR) is 152 cm³/mol. The van der Waals surface area contributed by atoms with Gasteiger partial charge in [-0.3, -0.25) is 24.6 Å². The molecular formula is C29H31F3N6O4S. The van der Waals surface area contributed by atoms with Gasteiger partial charge in [0, 0.05) is 50.3 Å². The molecule has 0 saturated carbocycles. The molecule has 3 heterocycles. The third-order valence-electron chi connectivity index (χ3n) is 7.51. The predicted octanol–water partition coefficient (Wildman–Crippen LogP) is 3.86. The lowest BCUT2D eigenvalue weighted by molar-refractivity contribution is -0.138. The Morgan fingerprint density at radius 1 is 1.05 bits per heavy atom. The Hall–Kier alpha value is -4.04. The van der Waals surface area contributed by atoms with Crippen LogP contribution >= 0.6 is 11.3 Å². The maximum Gasteiger partial charge on any atom is 0.445 e. The van der Waals surface area contributed by atoms with Gasteiger partial charge in [0.15, 0.2) is 0 Å². The topological polar surface area (TPSA) is 108 Å². The summed E-state index contributed by atoms with van der Waals surface area (Å²) in [4.78, 5) is 42.6. The van der Waals surface area contributed by atoms with Gasteiger partial charge in [-0.2, -0.15) is 13.2 Å². The number of aromatic nitrogens is 2. The van der Waals surface area contributed by atoms with Crippen molar-refractivity contribution in [2.45, 2.75) is 52.2 Å². The van der Waals surface area contributed by atoms with E-state index in [9.17, 15) is 27.6 Å². The normalized spacial score (nSPS) is 16.3. The zero-order valence-electron chi connectivity index (χ0n) is 23.7. The lowest BCUT2D eigenvalue weighted by atomic mass is 10.1. The largest absolute Gasteiger partial charge is 0.489 e. The van der Waals surface area contributed by atoms with Gasteiger partial charge in [-0.25, -0.2) is 0 Å². The van der Waals surface area contributed by atoms with E-state index >= 15 is 0 Å². The van der Waals surface area contributed by atoms with Gasteiger partial charge in [0.25, 0.3) is 5.91 Å². The van der Waals surface area contributed by atoms with Crippen molar-refractivity contribution in [3.63, 3.8) is 0 Å². The summed E-state index contributed by atoms with van der Waals surface area (Å²) in [7, 11) is 0. The fourth-order valence-corrected chi connectivity index (χ4v) is 5.72. The standard InChI is InChI=1S/C29H31F3N6O4S/c1-3-24(39)33-25(40)18(2)38-16-22-21(26(38)41)5-4-6-23(22)42-17-20-9-7-19(8-10-20)15-36-11-13-37(14-12-36)28-35-34-27(43-28)29(30,31)32/h4-10,18H,3,11-17H2,1-2H3,(H,33,39,40). The minimum Gasteiger partial charge on any atom is -0.489 e. The summed E-state index contributed by atoms with van der Waals surface area (Å²) in [5, 5.41) is 8.67. The van der Waals surface area contributed by atoms with Crippen LogP contribution in [0, 0.1) is 0 Å². The number of nitrogens with one attached hydrogen (secondary N) is 1. The maximum atomic E-state index is 13.0. The van der Waals surface area contributed by atoms with Crippen LogP contribution in [0.15, 0.2) is 42.5 Å². The van der Waals surface area contributed by atoms with E-state index in [0.29, 0.717) is 66.1 Å². The second-order valence-corrected chi connectivity index (χ2v) is 11.4. The van der Waals surface area contributed by atoms with Crippen LogP contribution in [0.5, 0.6) is 5.75 Å². The van der Waals surface area contributed by atoms with Gasteiger partial charge >= 0.3 is 6.18 Å². The highest BCUT2D eigenvalue weighted by Gasteiger charge is 2.37. The zero-order valence-corrected chi connectivity index (χ0v) is 24.5. The summed E-state index contributed by atoms with van der Waals surface area (Å²) in [6.07, 6.45) is -4.31. The molecule has 1 atom stereocenters. The number of carbonyl (C=O) groups is 3. The highest BCUT2D eigenvalue weighted by Crippen LogP contribution is 2.35. The Kier molecular flexibility index (Phi) is 8.97. The number of imide groups is 1. The summed E-state index contributed by atoms with van der Waals surface area (Å²) >= 11 is 0.570. The number of benzene rings is 2. The molecule has 14 heteroatoms.